The number of halogens is 1. The Bertz CT molecular complexity index is 836. The van der Waals surface area contributed by atoms with E-state index in [1.165, 1.54) is 6.42 Å². The molecule has 0 saturated heterocycles. The number of rotatable bonds is 17. The molecule has 0 spiro atoms. The third-order valence-electron chi connectivity index (χ3n) is 8.22. The highest BCUT2D eigenvalue weighted by molar-refractivity contribution is 5.85. The number of nitrogens with one attached hydrogen (secondary N) is 1. The van der Waals surface area contributed by atoms with Gasteiger partial charge in [0.05, 0.1) is 19.8 Å². The van der Waals surface area contributed by atoms with Gasteiger partial charge in [-0.05, 0) is 68.1 Å². The number of benzene rings is 1. The fourth-order valence-corrected chi connectivity index (χ4v) is 5.37. The van der Waals surface area contributed by atoms with Crippen LogP contribution < -0.4 is 20.5 Å². The zero-order valence-electron chi connectivity index (χ0n) is 24.9. The molecule has 2 rings (SSSR count). The Labute approximate surface area is 242 Å². The van der Waals surface area contributed by atoms with E-state index < -0.39 is 17.7 Å². The summed E-state index contributed by atoms with van der Waals surface area (Å²) in [6, 6.07) is 5.55. The summed E-state index contributed by atoms with van der Waals surface area (Å²) in [5.74, 6) is 2.04. The number of carbonyl (C=O) groups excluding carboxylic acids is 1. The van der Waals surface area contributed by atoms with E-state index in [0.717, 1.165) is 49.8 Å². The molecule has 4 N–H and O–H groups in total. The van der Waals surface area contributed by atoms with Gasteiger partial charge in [0.2, 0.25) is 0 Å². The lowest BCUT2D eigenvalue weighted by Gasteiger charge is -2.37. The van der Waals surface area contributed by atoms with Gasteiger partial charge in [0.1, 0.15) is 5.60 Å². The fraction of sp³-hybridized carbons (Fsp3) is 0.767. The quantitative estimate of drug-likeness (QED) is 0.235. The Morgan fingerprint density at radius 2 is 1.82 bits per heavy atom. The van der Waals surface area contributed by atoms with Crippen molar-refractivity contribution < 1.29 is 28.8 Å². The number of carbonyl (C=O) groups is 1. The molecular weight excluding hydrogens is 520 g/mol. The standard InChI is InChI=1S/C30H52N2O6.ClH/c1-21(2)23(17-22-13-14-27(36-5)28(18-22)38-16-10-15-35-4)19-25(31)26(33)20-32-29(34)30(3,37-6)24-11-8-7-9-12-24;/h13-14,18,21,23-26,33H,7-12,15-17,19-20,31H2,1-6H3,(H,32,34);1H/t23?,25?,26?,30-;/m1./s1. The van der Waals surface area contributed by atoms with Crippen molar-refractivity contribution in [3.63, 3.8) is 0 Å². The maximum atomic E-state index is 13.1. The average Bonchev–Trinajstić information content (AvgIpc) is 2.93. The SMILES string of the molecule is COCCCOc1cc(CC(CC(N)C(O)CNC(=O)[C@](C)(OC)C2CCCCC2)C(C)C)ccc1OC.Cl. The van der Waals surface area contributed by atoms with Gasteiger partial charge in [-0.15, -0.1) is 12.4 Å². The van der Waals surface area contributed by atoms with E-state index in [4.69, 9.17) is 24.7 Å². The summed E-state index contributed by atoms with van der Waals surface area (Å²) in [5, 5.41) is 13.8. The summed E-state index contributed by atoms with van der Waals surface area (Å²) in [5.41, 5.74) is 6.70. The number of ether oxygens (including phenoxy) is 4. The van der Waals surface area contributed by atoms with E-state index in [2.05, 4.69) is 25.2 Å². The average molecular weight is 573 g/mol. The normalized spacial score (nSPS) is 18.0. The zero-order chi connectivity index (χ0) is 28.1. The van der Waals surface area contributed by atoms with Gasteiger partial charge < -0.3 is 35.1 Å². The summed E-state index contributed by atoms with van der Waals surface area (Å²) in [4.78, 5) is 13.1. The van der Waals surface area contributed by atoms with E-state index in [1.54, 1.807) is 21.3 Å². The van der Waals surface area contributed by atoms with Gasteiger partial charge in [-0.25, -0.2) is 0 Å². The smallest absolute Gasteiger partial charge is 0.252 e. The highest BCUT2D eigenvalue weighted by Crippen LogP contribution is 2.35. The second-order valence-corrected chi connectivity index (χ2v) is 11.2. The molecule has 1 fully saturated rings. The number of hydrogen-bond acceptors (Lipinski definition) is 7. The van der Waals surface area contributed by atoms with Gasteiger partial charge in [0.25, 0.3) is 5.91 Å². The second kappa shape index (κ2) is 18.0. The van der Waals surface area contributed by atoms with Crippen LogP contribution in [0.15, 0.2) is 18.2 Å². The molecule has 9 heteroatoms. The molecule has 226 valence electrons. The van der Waals surface area contributed by atoms with Gasteiger partial charge in [-0.2, -0.15) is 0 Å². The van der Waals surface area contributed by atoms with Crippen LogP contribution in [-0.4, -0.2) is 69.8 Å². The van der Waals surface area contributed by atoms with Gasteiger partial charge >= 0.3 is 0 Å². The predicted molar refractivity (Wildman–Crippen MR) is 158 cm³/mol. The maximum Gasteiger partial charge on any atom is 0.252 e. The molecule has 0 bridgehead atoms. The molecule has 1 amide bonds. The van der Waals surface area contributed by atoms with Crippen LogP contribution in [0.25, 0.3) is 0 Å². The summed E-state index contributed by atoms with van der Waals surface area (Å²) in [6.45, 7) is 7.51. The number of methoxy groups -OCH3 is 3. The molecule has 0 heterocycles. The Balaban J connectivity index is 0.00000760. The van der Waals surface area contributed by atoms with E-state index in [9.17, 15) is 9.90 Å². The van der Waals surface area contributed by atoms with Crippen molar-refractivity contribution in [1.29, 1.82) is 0 Å². The summed E-state index contributed by atoms with van der Waals surface area (Å²) < 4.78 is 22.2. The number of aliphatic hydroxyl groups excluding tert-OH is 1. The van der Waals surface area contributed by atoms with Crippen LogP contribution in [0.1, 0.15) is 71.3 Å². The molecule has 4 atom stereocenters. The molecule has 1 aliphatic rings. The van der Waals surface area contributed by atoms with Crippen molar-refractivity contribution in [3.8, 4) is 11.5 Å². The van der Waals surface area contributed by atoms with Gasteiger partial charge in [-0.3, -0.25) is 4.79 Å². The van der Waals surface area contributed by atoms with Gasteiger partial charge in [-0.1, -0.05) is 39.2 Å². The molecule has 3 unspecified atom stereocenters. The molecule has 1 aromatic rings. The van der Waals surface area contributed by atoms with Gasteiger partial charge in [0, 0.05) is 39.8 Å². The second-order valence-electron chi connectivity index (χ2n) is 11.2. The van der Waals surface area contributed by atoms with E-state index >= 15 is 0 Å². The van der Waals surface area contributed by atoms with Crippen LogP contribution in [0.3, 0.4) is 0 Å². The first kappa shape index (κ1) is 35.4. The number of aliphatic hydroxyl groups is 1. The number of nitrogens with two attached hydrogens (primary N) is 1. The highest BCUT2D eigenvalue weighted by Gasteiger charge is 2.42. The lowest BCUT2D eigenvalue weighted by molar-refractivity contribution is -0.150. The van der Waals surface area contributed by atoms with Gasteiger partial charge in [0.15, 0.2) is 11.5 Å². The zero-order valence-corrected chi connectivity index (χ0v) is 25.7. The number of hydrogen-bond donors (Lipinski definition) is 3. The Morgan fingerprint density at radius 1 is 1.13 bits per heavy atom. The molecule has 39 heavy (non-hydrogen) atoms. The first-order chi connectivity index (χ1) is 18.2. The van der Waals surface area contributed by atoms with Crippen LogP contribution in [-0.2, 0) is 20.7 Å². The molecular formula is C30H53ClN2O6. The molecule has 8 nitrogen and oxygen atoms in total. The molecule has 0 aliphatic heterocycles. The summed E-state index contributed by atoms with van der Waals surface area (Å²) >= 11 is 0. The topological polar surface area (TPSA) is 112 Å². The minimum Gasteiger partial charge on any atom is -0.493 e. The Morgan fingerprint density at radius 3 is 2.41 bits per heavy atom. The monoisotopic (exact) mass is 572 g/mol. The van der Waals surface area contributed by atoms with Crippen LogP contribution in [0.2, 0.25) is 0 Å². The third-order valence-corrected chi connectivity index (χ3v) is 8.22. The lowest BCUT2D eigenvalue weighted by atomic mass is 9.77. The van der Waals surface area contributed by atoms with Crippen LogP contribution >= 0.6 is 12.4 Å². The minimum atomic E-state index is -0.886. The Kier molecular flexibility index (Phi) is 16.3. The lowest BCUT2D eigenvalue weighted by Crippen LogP contribution is -2.54. The van der Waals surface area contributed by atoms with Crippen molar-refractivity contribution in [3.05, 3.63) is 23.8 Å². The molecule has 0 aromatic heterocycles. The van der Waals surface area contributed by atoms with E-state index in [0.29, 0.717) is 31.3 Å². The molecule has 1 aliphatic carbocycles. The minimum absolute atomic E-state index is 0. The van der Waals surface area contributed by atoms with Crippen molar-refractivity contribution >= 4 is 18.3 Å². The largest absolute Gasteiger partial charge is 0.493 e. The number of amides is 1. The van der Waals surface area contributed by atoms with Crippen LogP contribution in [0.4, 0.5) is 0 Å². The third kappa shape index (κ3) is 10.7. The van der Waals surface area contributed by atoms with E-state index in [-0.39, 0.29) is 36.7 Å². The molecule has 0 radical (unpaired) electrons. The Hall–Kier alpha value is -1.58. The van der Waals surface area contributed by atoms with E-state index in [1.807, 2.05) is 19.1 Å². The van der Waals surface area contributed by atoms with Crippen LogP contribution in [0, 0.1) is 17.8 Å². The molecule has 1 saturated carbocycles. The fourth-order valence-electron chi connectivity index (χ4n) is 5.37. The van der Waals surface area contributed by atoms with Crippen molar-refractivity contribution in [2.75, 3.05) is 41.1 Å². The van der Waals surface area contributed by atoms with Crippen molar-refractivity contribution in [2.45, 2.75) is 89.9 Å². The molecule has 1 aromatic carbocycles. The van der Waals surface area contributed by atoms with Crippen molar-refractivity contribution in [1.82, 2.24) is 5.32 Å². The van der Waals surface area contributed by atoms with Crippen LogP contribution in [0.5, 0.6) is 11.5 Å². The first-order valence-corrected chi connectivity index (χ1v) is 14.2. The van der Waals surface area contributed by atoms with Crippen molar-refractivity contribution in [2.24, 2.45) is 23.5 Å². The highest BCUT2D eigenvalue weighted by atomic mass is 35.5. The maximum absolute atomic E-state index is 13.1. The predicted octanol–water partition coefficient (Wildman–Crippen LogP) is 4.53. The summed E-state index contributed by atoms with van der Waals surface area (Å²) in [7, 11) is 4.91. The first-order valence-electron chi connectivity index (χ1n) is 14.2. The summed E-state index contributed by atoms with van der Waals surface area (Å²) in [6.07, 6.45) is 6.81.